The maximum atomic E-state index is 12.6. The highest BCUT2D eigenvalue weighted by molar-refractivity contribution is 7.89. The Hall–Kier alpha value is -1.62. The highest BCUT2D eigenvalue weighted by Gasteiger charge is 2.34. The van der Waals surface area contributed by atoms with Crippen LogP contribution in [-0.2, 0) is 10.0 Å². The SMILES string of the molecule is CN(C)C1CCN(S(=O)(=O)c2ccc(N)cc2C#N)C1. The van der Waals surface area contributed by atoms with Crippen LogP contribution >= 0.6 is 0 Å². The maximum Gasteiger partial charge on any atom is 0.244 e. The minimum atomic E-state index is -3.64. The van der Waals surface area contributed by atoms with E-state index in [0.29, 0.717) is 18.8 Å². The average Bonchev–Trinajstić information content (AvgIpc) is 2.88. The van der Waals surface area contributed by atoms with E-state index in [1.54, 1.807) is 0 Å². The molecule has 0 radical (unpaired) electrons. The molecule has 0 amide bonds. The minimum absolute atomic E-state index is 0.0357. The van der Waals surface area contributed by atoms with Crippen molar-refractivity contribution in [3.63, 3.8) is 0 Å². The van der Waals surface area contributed by atoms with Crippen LogP contribution in [0.5, 0.6) is 0 Å². The molecule has 1 heterocycles. The van der Waals surface area contributed by atoms with Crippen LogP contribution in [0, 0.1) is 11.3 Å². The van der Waals surface area contributed by atoms with Crippen LogP contribution in [0.3, 0.4) is 0 Å². The number of nitrogens with zero attached hydrogens (tertiary/aromatic N) is 3. The van der Waals surface area contributed by atoms with Crippen molar-refractivity contribution in [2.45, 2.75) is 17.4 Å². The van der Waals surface area contributed by atoms with Crippen molar-refractivity contribution in [1.29, 1.82) is 5.26 Å². The van der Waals surface area contributed by atoms with Gasteiger partial charge in [0, 0.05) is 24.8 Å². The maximum absolute atomic E-state index is 12.6. The van der Waals surface area contributed by atoms with E-state index in [0.717, 1.165) is 6.42 Å². The number of nitrogen functional groups attached to an aromatic ring is 1. The summed E-state index contributed by atoms with van der Waals surface area (Å²) >= 11 is 0. The Balaban J connectivity index is 2.35. The molecule has 0 aromatic heterocycles. The van der Waals surface area contributed by atoms with E-state index in [2.05, 4.69) is 0 Å². The molecule has 0 aliphatic carbocycles. The van der Waals surface area contributed by atoms with Gasteiger partial charge in [0.1, 0.15) is 11.0 Å². The van der Waals surface area contributed by atoms with Gasteiger partial charge in [-0.25, -0.2) is 8.42 Å². The van der Waals surface area contributed by atoms with Crippen molar-refractivity contribution >= 4 is 15.7 Å². The zero-order valence-electron chi connectivity index (χ0n) is 11.6. The molecule has 1 atom stereocenters. The second kappa shape index (κ2) is 5.40. The van der Waals surface area contributed by atoms with E-state index in [1.165, 1.54) is 22.5 Å². The fourth-order valence-electron chi connectivity index (χ4n) is 2.35. The fraction of sp³-hybridized carbons (Fsp3) is 0.462. The number of hydrogen-bond donors (Lipinski definition) is 1. The molecule has 0 spiro atoms. The number of rotatable bonds is 3. The minimum Gasteiger partial charge on any atom is -0.399 e. The van der Waals surface area contributed by atoms with E-state index in [4.69, 9.17) is 11.0 Å². The van der Waals surface area contributed by atoms with Crippen LogP contribution in [-0.4, -0.2) is 50.8 Å². The van der Waals surface area contributed by atoms with Gasteiger partial charge in [0.05, 0.1) is 5.56 Å². The van der Waals surface area contributed by atoms with Gasteiger partial charge in [0.25, 0.3) is 0 Å². The Morgan fingerprint density at radius 3 is 2.70 bits per heavy atom. The second-order valence-corrected chi connectivity index (χ2v) is 7.04. The van der Waals surface area contributed by atoms with Crippen molar-refractivity contribution in [2.75, 3.05) is 32.9 Å². The normalized spacial score (nSPS) is 20.2. The first kappa shape index (κ1) is 14.8. The lowest BCUT2D eigenvalue weighted by Crippen LogP contribution is -2.34. The number of sulfonamides is 1. The molecule has 1 fully saturated rings. The summed E-state index contributed by atoms with van der Waals surface area (Å²) in [5, 5.41) is 9.09. The van der Waals surface area contributed by atoms with E-state index in [1.807, 2.05) is 25.1 Å². The van der Waals surface area contributed by atoms with Crippen molar-refractivity contribution in [2.24, 2.45) is 0 Å². The quantitative estimate of drug-likeness (QED) is 0.818. The van der Waals surface area contributed by atoms with Crippen LogP contribution in [0.4, 0.5) is 5.69 Å². The standard InChI is InChI=1S/C13H18N4O2S/c1-16(2)12-5-6-17(9-12)20(18,19)13-4-3-11(15)7-10(13)8-14/h3-4,7,12H,5-6,9,15H2,1-2H3. The molecule has 1 unspecified atom stereocenters. The molecule has 7 heteroatoms. The van der Waals surface area contributed by atoms with E-state index >= 15 is 0 Å². The number of benzene rings is 1. The van der Waals surface area contributed by atoms with Gasteiger partial charge in [-0.1, -0.05) is 0 Å². The van der Waals surface area contributed by atoms with Crippen molar-refractivity contribution < 1.29 is 8.42 Å². The van der Waals surface area contributed by atoms with E-state index in [-0.39, 0.29) is 16.5 Å². The van der Waals surface area contributed by atoms with E-state index < -0.39 is 10.0 Å². The monoisotopic (exact) mass is 294 g/mol. The molecular weight excluding hydrogens is 276 g/mol. The fourth-order valence-corrected chi connectivity index (χ4v) is 3.96. The van der Waals surface area contributed by atoms with E-state index in [9.17, 15) is 8.42 Å². The molecule has 1 aromatic rings. The van der Waals surface area contributed by atoms with Crippen molar-refractivity contribution in [1.82, 2.24) is 9.21 Å². The predicted molar refractivity (Wildman–Crippen MR) is 76.4 cm³/mol. The first-order chi connectivity index (χ1) is 9.36. The van der Waals surface area contributed by atoms with Gasteiger partial charge in [-0.05, 0) is 38.7 Å². The molecule has 20 heavy (non-hydrogen) atoms. The van der Waals surface area contributed by atoms with Gasteiger partial charge in [-0.2, -0.15) is 9.57 Å². The molecule has 1 saturated heterocycles. The molecule has 1 aliphatic heterocycles. The largest absolute Gasteiger partial charge is 0.399 e. The molecule has 108 valence electrons. The summed E-state index contributed by atoms with van der Waals surface area (Å²) in [6.07, 6.45) is 0.795. The molecule has 0 saturated carbocycles. The lowest BCUT2D eigenvalue weighted by molar-refractivity contribution is 0.302. The number of nitriles is 1. The summed E-state index contributed by atoms with van der Waals surface area (Å²) in [6, 6.07) is 6.43. The number of anilines is 1. The lowest BCUT2D eigenvalue weighted by atomic mass is 10.2. The first-order valence-corrected chi connectivity index (χ1v) is 7.76. The van der Waals surface area contributed by atoms with Crippen LogP contribution in [0.25, 0.3) is 0 Å². The summed E-state index contributed by atoms with van der Waals surface area (Å²) in [4.78, 5) is 2.05. The van der Waals surface area contributed by atoms with Crippen molar-refractivity contribution in [3.05, 3.63) is 23.8 Å². The van der Waals surface area contributed by atoms with Gasteiger partial charge in [-0.3, -0.25) is 0 Å². The molecule has 2 N–H and O–H groups in total. The summed E-state index contributed by atoms with van der Waals surface area (Å²) in [6.45, 7) is 0.922. The lowest BCUT2D eigenvalue weighted by Gasteiger charge is -2.20. The Labute approximate surface area is 119 Å². The molecule has 6 nitrogen and oxygen atoms in total. The highest BCUT2D eigenvalue weighted by Crippen LogP contribution is 2.26. The third-order valence-electron chi connectivity index (χ3n) is 3.60. The topological polar surface area (TPSA) is 90.4 Å². The van der Waals surface area contributed by atoms with Crippen LogP contribution in [0.1, 0.15) is 12.0 Å². The molecular formula is C13H18N4O2S. The predicted octanol–water partition coefficient (Wildman–Crippen LogP) is 0.465. The second-order valence-electron chi connectivity index (χ2n) is 5.14. The Kier molecular flexibility index (Phi) is 3.99. The zero-order valence-corrected chi connectivity index (χ0v) is 12.4. The van der Waals surface area contributed by atoms with Gasteiger partial charge in [0.2, 0.25) is 10.0 Å². The molecule has 0 bridgehead atoms. The summed E-state index contributed by atoms with van der Waals surface area (Å²) in [5.41, 5.74) is 6.07. The smallest absolute Gasteiger partial charge is 0.244 e. The zero-order chi connectivity index (χ0) is 14.9. The Morgan fingerprint density at radius 2 is 2.15 bits per heavy atom. The molecule has 1 aromatic carbocycles. The highest BCUT2D eigenvalue weighted by atomic mass is 32.2. The van der Waals surface area contributed by atoms with Crippen LogP contribution in [0.15, 0.2) is 23.1 Å². The summed E-state index contributed by atoms with van der Waals surface area (Å²) < 4.78 is 26.7. The Bertz CT molecular complexity index is 649. The first-order valence-electron chi connectivity index (χ1n) is 6.32. The summed E-state index contributed by atoms with van der Waals surface area (Å²) in [7, 11) is 0.234. The Morgan fingerprint density at radius 1 is 1.45 bits per heavy atom. The van der Waals surface area contributed by atoms with Gasteiger partial charge < -0.3 is 10.6 Å². The third-order valence-corrected chi connectivity index (χ3v) is 5.52. The number of hydrogen-bond acceptors (Lipinski definition) is 5. The average molecular weight is 294 g/mol. The molecule has 1 aliphatic rings. The molecule has 2 rings (SSSR count). The van der Waals surface area contributed by atoms with Crippen LogP contribution < -0.4 is 5.73 Å². The van der Waals surface area contributed by atoms with Gasteiger partial charge >= 0.3 is 0 Å². The number of likely N-dealkylation sites (N-methyl/N-ethyl adjacent to an activating group) is 1. The van der Waals surface area contributed by atoms with Crippen molar-refractivity contribution in [3.8, 4) is 6.07 Å². The van der Waals surface area contributed by atoms with Crippen LogP contribution in [0.2, 0.25) is 0 Å². The summed E-state index contributed by atoms with van der Waals surface area (Å²) in [5.74, 6) is 0. The van der Waals surface area contributed by atoms with Gasteiger partial charge in [-0.15, -0.1) is 0 Å². The third kappa shape index (κ3) is 2.63. The van der Waals surface area contributed by atoms with Gasteiger partial charge in [0.15, 0.2) is 0 Å². The number of nitrogens with two attached hydrogens (primary N) is 1.